The summed E-state index contributed by atoms with van der Waals surface area (Å²) in [5.74, 6) is 1.64. The minimum absolute atomic E-state index is 0.367. The Morgan fingerprint density at radius 1 is 1.18 bits per heavy atom. The molecule has 0 radical (unpaired) electrons. The third kappa shape index (κ3) is 7.31. The molecule has 0 saturated heterocycles. The number of alkyl halides is 2. The van der Waals surface area contributed by atoms with Gasteiger partial charge in [0.05, 0.1) is 5.69 Å². The van der Waals surface area contributed by atoms with Crippen molar-refractivity contribution in [2.75, 3.05) is 19.7 Å². The number of ketones is 1. The lowest BCUT2D eigenvalue weighted by molar-refractivity contribution is -0.119. The van der Waals surface area contributed by atoms with Crippen molar-refractivity contribution in [3.8, 4) is 5.19 Å². The number of benzene rings is 1. The summed E-state index contributed by atoms with van der Waals surface area (Å²) in [5, 5.41) is 0.373. The van der Waals surface area contributed by atoms with Crippen molar-refractivity contribution in [1.82, 2.24) is 9.88 Å². The molecule has 0 amide bonds. The molecule has 4 rings (SSSR count). The molecule has 0 atom stereocenters. The lowest BCUT2D eigenvalue weighted by Gasteiger charge is -2.31. The predicted octanol–water partition coefficient (Wildman–Crippen LogP) is 5.85. The molecule has 2 aromatic rings. The number of hydrogen-bond donors (Lipinski definition) is 0. The largest absolute Gasteiger partial charge is 0.464 e. The standard InChI is InChI=1S/C26H34F2N2O2S/c1-18-2-4-20(5-3-18)14-22(31)15-21-8-6-19(7-9-21)10-12-30-13-11-24-23(16-30)29-26(33-24)32-17-25(27)28/h2-5,19,21,25H,6-17H2,1H3. The van der Waals surface area contributed by atoms with Crippen LogP contribution in [-0.4, -0.2) is 41.8 Å². The zero-order valence-electron chi connectivity index (χ0n) is 19.4. The molecule has 1 aliphatic carbocycles. The molecule has 180 valence electrons. The van der Waals surface area contributed by atoms with Crippen LogP contribution in [-0.2, 0) is 24.2 Å². The van der Waals surface area contributed by atoms with E-state index >= 15 is 0 Å². The zero-order chi connectivity index (χ0) is 23.2. The molecule has 2 heterocycles. The highest BCUT2D eigenvalue weighted by Gasteiger charge is 2.25. The van der Waals surface area contributed by atoms with E-state index in [0.717, 1.165) is 62.5 Å². The van der Waals surface area contributed by atoms with Crippen LogP contribution in [0.4, 0.5) is 8.78 Å². The van der Waals surface area contributed by atoms with Crippen LogP contribution in [0, 0.1) is 18.8 Å². The summed E-state index contributed by atoms with van der Waals surface area (Å²) < 4.78 is 29.8. The van der Waals surface area contributed by atoms with E-state index in [0.29, 0.717) is 23.3 Å². The maximum atomic E-state index is 12.5. The molecule has 1 saturated carbocycles. The number of rotatable bonds is 10. The second kappa shape index (κ2) is 11.5. The number of Topliss-reactive ketones (excluding diaryl/α,β-unsaturated/α-hetero) is 1. The third-order valence-corrected chi connectivity index (χ3v) is 8.05. The van der Waals surface area contributed by atoms with Crippen molar-refractivity contribution in [3.63, 3.8) is 0 Å². The van der Waals surface area contributed by atoms with Crippen molar-refractivity contribution in [1.29, 1.82) is 0 Å². The maximum absolute atomic E-state index is 12.5. The average Bonchev–Trinajstić information content (AvgIpc) is 3.21. The molecular weight excluding hydrogens is 442 g/mol. The summed E-state index contributed by atoms with van der Waals surface area (Å²) in [6, 6.07) is 8.28. The van der Waals surface area contributed by atoms with E-state index in [9.17, 15) is 13.6 Å². The molecule has 0 unspecified atom stereocenters. The molecule has 1 aromatic heterocycles. The molecule has 7 heteroatoms. The van der Waals surface area contributed by atoms with Crippen LogP contribution in [0.15, 0.2) is 24.3 Å². The number of hydrogen-bond acceptors (Lipinski definition) is 5. The number of carbonyl (C=O) groups excluding carboxylic acids is 1. The van der Waals surface area contributed by atoms with Gasteiger partial charge in [-0.15, -0.1) is 0 Å². The Kier molecular flexibility index (Phi) is 8.47. The molecule has 1 aromatic carbocycles. The second-order valence-corrected chi connectivity index (χ2v) is 10.7. The Morgan fingerprint density at radius 3 is 2.64 bits per heavy atom. The van der Waals surface area contributed by atoms with Gasteiger partial charge in [0.1, 0.15) is 5.78 Å². The van der Waals surface area contributed by atoms with E-state index in [1.54, 1.807) is 0 Å². The van der Waals surface area contributed by atoms with Crippen molar-refractivity contribution >= 4 is 17.1 Å². The van der Waals surface area contributed by atoms with Gasteiger partial charge in [-0.05, 0) is 56.6 Å². The Balaban J connectivity index is 1.14. The number of halogens is 2. The van der Waals surface area contributed by atoms with Crippen LogP contribution in [0.2, 0.25) is 0 Å². The van der Waals surface area contributed by atoms with Crippen LogP contribution in [0.5, 0.6) is 5.19 Å². The number of fused-ring (bicyclic) bond motifs is 1. The van der Waals surface area contributed by atoms with Gasteiger partial charge in [0.15, 0.2) is 6.61 Å². The van der Waals surface area contributed by atoms with Crippen LogP contribution in [0.3, 0.4) is 0 Å². The lowest BCUT2D eigenvalue weighted by atomic mass is 9.78. The SMILES string of the molecule is Cc1ccc(CC(=O)CC2CCC(CCN3CCc4sc(OCC(F)F)nc4C3)CC2)cc1. The van der Waals surface area contributed by atoms with Crippen LogP contribution in [0.1, 0.15) is 60.2 Å². The van der Waals surface area contributed by atoms with E-state index < -0.39 is 13.0 Å². The fraction of sp³-hybridized carbons (Fsp3) is 0.615. The number of ether oxygens (including phenoxy) is 1. The first-order valence-corrected chi connectivity index (χ1v) is 13.0. The lowest BCUT2D eigenvalue weighted by Crippen LogP contribution is -2.32. The van der Waals surface area contributed by atoms with Gasteiger partial charge in [0.25, 0.3) is 11.6 Å². The minimum Gasteiger partial charge on any atom is -0.464 e. The highest BCUT2D eigenvalue weighted by molar-refractivity contribution is 7.13. The van der Waals surface area contributed by atoms with Crippen molar-refractivity contribution in [2.45, 2.75) is 71.3 Å². The Bertz CT molecular complexity index is 908. The van der Waals surface area contributed by atoms with Gasteiger partial charge in [-0.2, -0.15) is 0 Å². The fourth-order valence-corrected chi connectivity index (χ4v) is 5.95. The number of aromatic nitrogens is 1. The summed E-state index contributed by atoms with van der Waals surface area (Å²) in [6.45, 7) is 4.30. The molecule has 0 bridgehead atoms. The predicted molar refractivity (Wildman–Crippen MR) is 127 cm³/mol. The quantitative estimate of drug-likeness (QED) is 0.431. The first kappa shape index (κ1) is 24.3. The monoisotopic (exact) mass is 476 g/mol. The molecule has 33 heavy (non-hydrogen) atoms. The zero-order valence-corrected chi connectivity index (χ0v) is 20.2. The first-order valence-electron chi connectivity index (χ1n) is 12.1. The summed E-state index contributed by atoms with van der Waals surface area (Å²) in [5.41, 5.74) is 3.34. The van der Waals surface area contributed by atoms with Crippen molar-refractivity contribution in [3.05, 3.63) is 46.0 Å². The van der Waals surface area contributed by atoms with Gasteiger partial charge in [-0.25, -0.2) is 13.8 Å². The van der Waals surface area contributed by atoms with Crippen molar-refractivity contribution < 1.29 is 18.3 Å². The first-order chi connectivity index (χ1) is 15.9. The van der Waals surface area contributed by atoms with Crippen LogP contribution in [0.25, 0.3) is 0 Å². The summed E-state index contributed by atoms with van der Waals surface area (Å²) in [7, 11) is 0. The average molecular weight is 477 g/mol. The number of carbonyl (C=O) groups is 1. The van der Waals surface area contributed by atoms with E-state index in [1.807, 2.05) is 0 Å². The molecule has 0 spiro atoms. The molecule has 4 nitrogen and oxygen atoms in total. The Labute approximate surface area is 199 Å². The normalized spacial score (nSPS) is 21.2. The molecule has 1 aliphatic heterocycles. The molecular formula is C26H34F2N2O2S. The van der Waals surface area contributed by atoms with Gasteiger partial charge in [-0.3, -0.25) is 9.69 Å². The van der Waals surface area contributed by atoms with E-state index in [1.165, 1.54) is 41.0 Å². The van der Waals surface area contributed by atoms with Gasteiger partial charge < -0.3 is 4.74 Å². The summed E-state index contributed by atoms with van der Waals surface area (Å²) in [6.07, 6.45) is 5.64. The highest BCUT2D eigenvalue weighted by atomic mass is 32.1. The van der Waals surface area contributed by atoms with Gasteiger partial charge in [0, 0.05) is 30.8 Å². The van der Waals surface area contributed by atoms with Gasteiger partial charge in [0.2, 0.25) is 0 Å². The van der Waals surface area contributed by atoms with E-state index in [4.69, 9.17) is 4.74 Å². The molecule has 2 aliphatic rings. The Hall–Kier alpha value is -1.86. The number of nitrogens with zero attached hydrogens (tertiary/aromatic N) is 2. The Morgan fingerprint density at radius 2 is 1.91 bits per heavy atom. The second-order valence-electron chi connectivity index (χ2n) is 9.66. The fourth-order valence-electron chi connectivity index (χ4n) is 5.03. The summed E-state index contributed by atoms with van der Waals surface area (Å²) >= 11 is 1.41. The van der Waals surface area contributed by atoms with Crippen LogP contribution < -0.4 is 4.74 Å². The molecule has 0 N–H and O–H groups in total. The maximum Gasteiger partial charge on any atom is 0.273 e. The van der Waals surface area contributed by atoms with E-state index in [2.05, 4.69) is 41.1 Å². The number of thiazole rings is 1. The van der Waals surface area contributed by atoms with Crippen molar-refractivity contribution in [2.24, 2.45) is 11.8 Å². The smallest absolute Gasteiger partial charge is 0.273 e. The molecule has 1 fully saturated rings. The highest BCUT2D eigenvalue weighted by Crippen LogP contribution is 2.34. The topological polar surface area (TPSA) is 42.4 Å². The number of aryl methyl sites for hydroxylation is 1. The minimum atomic E-state index is -2.47. The van der Waals surface area contributed by atoms with Gasteiger partial charge >= 0.3 is 0 Å². The van der Waals surface area contributed by atoms with Gasteiger partial charge in [-0.1, -0.05) is 54.0 Å². The summed E-state index contributed by atoms with van der Waals surface area (Å²) in [4.78, 5) is 20.5. The third-order valence-electron chi connectivity index (χ3n) is 6.98. The van der Waals surface area contributed by atoms with Crippen LogP contribution >= 0.6 is 11.3 Å². The van der Waals surface area contributed by atoms with E-state index in [-0.39, 0.29) is 0 Å².